The summed E-state index contributed by atoms with van der Waals surface area (Å²) in [7, 11) is -0.286. The van der Waals surface area contributed by atoms with Gasteiger partial charge in [-0.2, -0.15) is 0 Å². The van der Waals surface area contributed by atoms with Crippen LogP contribution >= 0.6 is 0 Å². The first-order chi connectivity index (χ1) is 13.8. The second kappa shape index (κ2) is 8.69. The molecule has 0 unspecified atom stereocenters. The quantitative estimate of drug-likeness (QED) is 0.378. The summed E-state index contributed by atoms with van der Waals surface area (Å²) in [4.78, 5) is 0. The van der Waals surface area contributed by atoms with Gasteiger partial charge in [0.05, 0.1) is 12.7 Å². The number of hydrogen-bond donors (Lipinski definition) is 0. The number of ether oxygens (including phenoxy) is 1. The Bertz CT molecular complexity index is 970. The highest BCUT2D eigenvalue weighted by atomic mass is 28.4. The summed E-state index contributed by atoms with van der Waals surface area (Å²) >= 11 is 0. The van der Waals surface area contributed by atoms with Crippen molar-refractivity contribution in [1.29, 1.82) is 0 Å². The minimum Gasteiger partial charge on any atom is -0.495 e. The minimum absolute atomic E-state index is 0.770. The van der Waals surface area contributed by atoms with E-state index in [-0.39, 0.29) is 0 Å². The van der Waals surface area contributed by atoms with Crippen LogP contribution in [0.15, 0.2) is 78.9 Å². The fraction of sp³-hybridized carbons (Fsp3) is 0.231. The van der Waals surface area contributed by atoms with Crippen LogP contribution in [0.25, 0.3) is 0 Å². The monoisotopic (exact) mass is 400 g/mol. The zero-order valence-corrected chi connectivity index (χ0v) is 18.8. The van der Waals surface area contributed by atoms with E-state index in [1.165, 1.54) is 0 Å². The normalized spacial score (nSPS) is 11.5. The summed E-state index contributed by atoms with van der Waals surface area (Å²) in [5.74, 6) is 7.68. The lowest BCUT2D eigenvalue weighted by molar-refractivity contribution is 0.166. The number of rotatable bonds is 5. The molecular formula is C26H28O2Si. The molecule has 0 fully saturated rings. The van der Waals surface area contributed by atoms with Gasteiger partial charge in [0.1, 0.15) is 5.75 Å². The Hall–Kier alpha value is -2.80. The fourth-order valence-electron chi connectivity index (χ4n) is 3.33. The largest absolute Gasteiger partial charge is 0.495 e. The highest BCUT2D eigenvalue weighted by molar-refractivity contribution is 6.69. The maximum absolute atomic E-state index is 6.85. The van der Waals surface area contributed by atoms with Gasteiger partial charge in [0.25, 0.3) is 0 Å². The van der Waals surface area contributed by atoms with Gasteiger partial charge in [0.2, 0.25) is 0 Å². The van der Waals surface area contributed by atoms with Crippen LogP contribution in [0.4, 0.5) is 0 Å². The molecule has 0 heterocycles. The lowest BCUT2D eigenvalue weighted by atomic mass is 9.86. The number of benzene rings is 3. The molecule has 3 aromatic rings. The third-order valence-electron chi connectivity index (χ3n) is 4.55. The van der Waals surface area contributed by atoms with Gasteiger partial charge in [-0.25, -0.2) is 0 Å². The maximum Gasteiger partial charge on any atom is 0.186 e. The minimum atomic E-state index is -1.96. The molecule has 0 bridgehead atoms. The molecule has 0 amide bonds. The molecule has 0 aliphatic heterocycles. The Morgan fingerprint density at radius 2 is 1.34 bits per heavy atom. The van der Waals surface area contributed by atoms with Crippen LogP contribution in [0.1, 0.15) is 22.3 Å². The van der Waals surface area contributed by atoms with E-state index in [1.807, 2.05) is 48.5 Å². The molecule has 0 N–H and O–H groups in total. The summed E-state index contributed by atoms with van der Waals surface area (Å²) in [5, 5.41) is 0. The van der Waals surface area contributed by atoms with Gasteiger partial charge < -0.3 is 9.16 Å². The average molecular weight is 401 g/mol. The highest BCUT2D eigenvalue weighted by Crippen LogP contribution is 2.36. The summed E-state index contributed by atoms with van der Waals surface area (Å²) in [6.45, 7) is 8.65. The first-order valence-electron chi connectivity index (χ1n) is 9.83. The van der Waals surface area contributed by atoms with Gasteiger partial charge in [-0.15, -0.1) is 0 Å². The Labute approximate surface area is 175 Å². The average Bonchev–Trinajstić information content (AvgIpc) is 2.72. The Kier molecular flexibility index (Phi) is 6.27. The highest BCUT2D eigenvalue weighted by Gasteiger charge is 2.38. The molecular weight excluding hydrogens is 372 g/mol. The van der Waals surface area contributed by atoms with Crippen LogP contribution in [0.3, 0.4) is 0 Å². The van der Waals surface area contributed by atoms with Crippen molar-refractivity contribution in [3.05, 3.63) is 101 Å². The molecule has 148 valence electrons. The molecule has 3 rings (SSSR count). The van der Waals surface area contributed by atoms with Crippen molar-refractivity contribution in [3.8, 4) is 17.6 Å². The third-order valence-corrected chi connectivity index (χ3v) is 5.47. The molecule has 3 aromatic carbocycles. The molecule has 0 aliphatic rings. The zero-order valence-electron chi connectivity index (χ0n) is 17.8. The van der Waals surface area contributed by atoms with E-state index >= 15 is 0 Å². The van der Waals surface area contributed by atoms with E-state index in [9.17, 15) is 0 Å². The van der Waals surface area contributed by atoms with Gasteiger partial charge in [0, 0.05) is 0 Å². The number of aryl methyl sites for hydroxylation is 1. The molecule has 0 saturated carbocycles. The Morgan fingerprint density at radius 3 is 1.83 bits per heavy atom. The van der Waals surface area contributed by atoms with Crippen molar-refractivity contribution in [1.82, 2.24) is 0 Å². The second-order valence-corrected chi connectivity index (χ2v) is 12.5. The zero-order chi connectivity index (χ0) is 20.9. The van der Waals surface area contributed by atoms with Gasteiger partial charge in [0.15, 0.2) is 13.9 Å². The predicted molar refractivity (Wildman–Crippen MR) is 123 cm³/mol. The molecule has 0 atom stereocenters. The van der Waals surface area contributed by atoms with Crippen molar-refractivity contribution < 1.29 is 9.16 Å². The maximum atomic E-state index is 6.85. The van der Waals surface area contributed by atoms with Gasteiger partial charge in [-0.05, 0) is 55.4 Å². The Morgan fingerprint density at radius 1 is 0.793 bits per heavy atom. The first-order valence-corrected chi connectivity index (χ1v) is 13.2. The van der Waals surface area contributed by atoms with Gasteiger partial charge in [-0.3, -0.25) is 0 Å². The molecule has 3 heteroatoms. The van der Waals surface area contributed by atoms with Crippen LogP contribution in [0, 0.1) is 18.8 Å². The molecule has 0 aromatic heterocycles. The van der Waals surface area contributed by atoms with Gasteiger partial charge >= 0.3 is 0 Å². The van der Waals surface area contributed by atoms with Crippen LogP contribution in [-0.4, -0.2) is 15.4 Å². The molecule has 0 spiro atoms. The van der Waals surface area contributed by atoms with E-state index in [0.29, 0.717) is 0 Å². The topological polar surface area (TPSA) is 18.5 Å². The molecule has 0 aliphatic carbocycles. The lowest BCUT2D eigenvalue weighted by Gasteiger charge is -2.36. The third kappa shape index (κ3) is 4.98. The standard InChI is InChI=1S/C26H28O2Si/c1-21-16-17-25(27-2)22(20-21)18-19-26(28-29(3,4)5,23-12-8-6-9-13-23)24-14-10-7-11-15-24/h6-17,20H,1-5H3. The number of methoxy groups -OCH3 is 1. The molecule has 29 heavy (non-hydrogen) atoms. The van der Waals surface area contributed by atoms with Crippen molar-refractivity contribution in [3.63, 3.8) is 0 Å². The number of hydrogen-bond acceptors (Lipinski definition) is 2. The summed E-state index contributed by atoms with van der Waals surface area (Å²) < 4.78 is 12.4. The summed E-state index contributed by atoms with van der Waals surface area (Å²) in [6, 6.07) is 26.6. The predicted octanol–water partition coefficient (Wildman–Crippen LogP) is 6.15. The second-order valence-electron chi connectivity index (χ2n) is 8.08. The van der Waals surface area contributed by atoms with Gasteiger partial charge in [-0.1, -0.05) is 78.6 Å². The molecule has 0 saturated heterocycles. The van der Waals surface area contributed by atoms with Crippen molar-refractivity contribution >= 4 is 8.32 Å². The molecule has 2 nitrogen and oxygen atoms in total. The van der Waals surface area contributed by atoms with Crippen LogP contribution in [0.2, 0.25) is 19.6 Å². The van der Waals surface area contributed by atoms with Crippen LogP contribution < -0.4 is 4.74 Å². The Balaban J connectivity index is 2.28. The first kappa shape index (κ1) is 20.9. The van der Waals surface area contributed by atoms with E-state index in [4.69, 9.17) is 9.16 Å². The van der Waals surface area contributed by atoms with Crippen LogP contribution in [0.5, 0.6) is 5.75 Å². The van der Waals surface area contributed by atoms with Crippen LogP contribution in [-0.2, 0) is 10.0 Å². The summed E-state index contributed by atoms with van der Waals surface area (Å²) in [5.41, 5.74) is 3.23. The van der Waals surface area contributed by atoms with E-state index in [1.54, 1.807) is 7.11 Å². The lowest BCUT2D eigenvalue weighted by Crippen LogP contribution is -2.40. The smallest absolute Gasteiger partial charge is 0.186 e. The SMILES string of the molecule is COc1ccc(C)cc1C#CC(O[Si](C)(C)C)(c1ccccc1)c1ccccc1. The van der Waals surface area contributed by atoms with E-state index in [2.05, 4.69) is 68.7 Å². The fourth-order valence-corrected chi connectivity index (χ4v) is 4.54. The van der Waals surface area contributed by atoms with E-state index in [0.717, 1.165) is 28.0 Å². The summed E-state index contributed by atoms with van der Waals surface area (Å²) in [6.07, 6.45) is 0. The van der Waals surface area contributed by atoms with E-state index < -0.39 is 13.9 Å². The van der Waals surface area contributed by atoms with Crippen molar-refractivity contribution in [2.75, 3.05) is 7.11 Å². The van der Waals surface area contributed by atoms with Crippen molar-refractivity contribution in [2.24, 2.45) is 0 Å². The molecule has 0 radical (unpaired) electrons. The van der Waals surface area contributed by atoms with Crippen molar-refractivity contribution in [2.45, 2.75) is 32.2 Å².